The zero-order valence-electron chi connectivity index (χ0n) is 17.6. The fraction of sp³-hybridized carbons (Fsp3) is 0.154. The molecule has 2 aliphatic rings. The first-order valence-electron chi connectivity index (χ1n) is 10.6. The van der Waals surface area contributed by atoms with Gasteiger partial charge in [0.2, 0.25) is 0 Å². The number of rotatable bonds is 4. The van der Waals surface area contributed by atoms with Crippen LogP contribution < -0.4 is 9.80 Å². The summed E-state index contributed by atoms with van der Waals surface area (Å²) >= 11 is 1.40. The Labute approximate surface area is 192 Å². The summed E-state index contributed by atoms with van der Waals surface area (Å²) in [6.45, 7) is 3.33. The molecular weight excluding hydrogens is 418 g/mol. The Morgan fingerprint density at radius 1 is 0.844 bits per heavy atom. The summed E-state index contributed by atoms with van der Waals surface area (Å²) in [5.74, 6) is -0.209. The van der Waals surface area contributed by atoms with Crippen molar-refractivity contribution in [3.8, 4) is 0 Å². The maximum absolute atomic E-state index is 12.7. The Morgan fingerprint density at radius 3 is 2.03 bits per heavy atom. The van der Waals surface area contributed by atoms with E-state index in [1.54, 1.807) is 0 Å². The molecule has 2 heterocycles. The topological polar surface area (TPSA) is 45.1 Å². The van der Waals surface area contributed by atoms with Gasteiger partial charge in [0.15, 0.2) is 5.17 Å². The smallest absolute Gasteiger partial charge is 0.286 e. The number of carbonyl (C=O) groups is 1. The lowest BCUT2D eigenvalue weighted by molar-refractivity contribution is -0.113. The van der Waals surface area contributed by atoms with E-state index in [1.165, 1.54) is 17.4 Å². The van der Waals surface area contributed by atoms with Gasteiger partial charge < -0.3 is 9.64 Å². The van der Waals surface area contributed by atoms with Crippen LogP contribution in [0.5, 0.6) is 0 Å². The van der Waals surface area contributed by atoms with Crippen LogP contribution in [-0.4, -0.2) is 37.4 Å². The highest BCUT2D eigenvalue weighted by molar-refractivity contribution is 8.18. The average Bonchev–Trinajstić information content (AvgIpc) is 3.21. The lowest BCUT2D eigenvalue weighted by Crippen LogP contribution is -2.36. The van der Waals surface area contributed by atoms with E-state index in [1.807, 2.05) is 71.6 Å². The molecule has 0 radical (unpaired) electrons. The Morgan fingerprint density at radius 2 is 1.44 bits per heavy atom. The van der Waals surface area contributed by atoms with Crippen LogP contribution in [0.3, 0.4) is 0 Å². The number of morpholine rings is 1. The molecule has 160 valence electrons. The van der Waals surface area contributed by atoms with Gasteiger partial charge in [-0.25, -0.2) is 0 Å². The number of hydrogen-bond donors (Lipinski definition) is 0. The fourth-order valence-electron chi connectivity index (χ4n) is 3.77. The van der Waals surface area contributed by atoms with Crippen molar-refractivity contribution in [2.75, 3.05) is 36.1 Å². The van der Waals surface area contributed by atoms with E-state index in [0.717, 1.165) is 43.2 Å². The minimum absolute atomic E-state index is 0.209. The molecule has 0 aromatic heterocycles. The number of thioether (sulfide) groups is 1. The second-order valence-electron chi connectivity index (χ2n) is 7.51. The molecule has 1 fully saturated rings. The van der Waals surface area contributed by atoms with Crippen LogP contribution in [0.1, 0.15) is 5.56 Å². The van der Waals surface area contributed by atoms with E-state index in [4.69, 9.17) is 4.74 Å². The van der Waals surface area contributed by atoms with Crippen LogP contribution >= 0.6 is 11.8 Å². The average molecular weight is 442 g/mol. The number of benzene rings is 3. The number of carbonyl (C=O) groups excluding carboxylic acids is 1. The first-order chi connectivity index (χ1) is 15.8. The van der Waals surface area contributed by atoms with Crippen LogP contribution in [0, 0.1) is 0 Å². The van der Waals surface area contributed by atoms with Gasteiger partial charge in [0.1, 0.15) is 0 Å². The highest BCUT2D eigenvalue weighted by Gasteiger charge is 2.28. The normalized spacial score (nSPS) is 17.5. The Bertz CT molecular complexity index is 1100. The number of hydrogen-bond acceptors (Lipinski definition) is 5. The molecule has 0 unspecified atom stereocenters. The molecule has 0 spiro atoms. The minimum Gasteiger partial charge on any atom is -0.378 e. The van der Waals surface area contributed by atoms with Gasteiger partial charge >= 0.3 is 0 Å². The molecule has 3 aromatic rings. The first kappa shape index (κ1) is 20.5. The number of aliphatic imine (C=N–C) groups is 1. The Hall–Kier alpha value is -3.35. The van der Waals surface area contributed by atoms with E-state index >= 15 is 0 Å². The van der Waals surface area contributed by atoms with Crippen molar-refractivity contribution in [1.82, 2.24) is 0 Å². The molecule has 0 N–H and O–H groups in total. The van der Waals surface area contributed by atoms with Gasteiger partial charge in [-0.05, 0) is 59.8 Å². The van der Waals surface area contributed by atoms with Crippen molar-refractivity contribution in [2.45, 2.75) is 0 Å². The Kier molecular flexibility index (Phi) is 6.05. The molecule has 0 saturated carbocycles. The molecule has 1 saturated heterocycles. The summed E-state index contributed by atoms with van der Waals surface area (Å²) in [7, 11) is 0. The zero-order chi connectivity index (χ0) is 21.8. The molecule has 5 rings (SSSR count). The van der Waals surface area contributed by atoms with Crippen LogP contribution in [0.25, 0.3) is 6.08 Å². The largest absolute Gasteiger partial charge is 0.378 e. The van der Waals surface area contributed by atoms with Gasteiger partial charge in [-0.15, -0.1) is 0 Å². The lowest BCUT2D eigenvalue weighted by Gasteiger charge is -2.28. The molecule has 0 bridgehead atoms. The fourth-order valence-corrected chi connectivity index (χ4v) is 4.73. The highest BCUT2D eigenvalue weighted by atomic mass is 32.2. The second-order valence-corrected chi connectivity index (χ2v) is 8.52. The Balaban J connectivity index is 1.38. The molecule has 6 heteroatoms. The SMILES string of the molecule is O=C1N=C(N(c2ccccc2)c2ccccc2)S/C1=C/c1ccc(N2CCOCC2)cc1. The van der Waals surface area contributed by atoms with E-state index in [-0.39, 0.29) is 5.91 Å². The summed E-state index contributed by atoms with van der Waals surface area (Å²) in [4.78, 5) is 22.1. The van der Waals surface area contributed by atoms with Crippen molar-refractivity contribution < 1.29 is 9.53 Å². The van der Waals surface area contributed by atoms with E-state index in [2.05, 4.69) is 34.2 Å². The minimum atomic E-state index is -0.209. The molecule has 32 heavy (non-hydrogen) atoms. The van der Waals surface area contributed by atoms with Gasteiger partial charge in [0.05, 0.1) is 18.1 Å². The standard InChI is InChI=1S/C26H23N3O2S/c30-25-24(19-20-11-13-21(14-12-20)28-15-17-31-18-16-28)32-26(27-25)29(22-7-3-1-4-8-22)23-9-5-2-6-10-23/h1-14,19H,15-18H2/b24-19+. The van der Waals surface area contributed by atoms with Gasteiger partial charge in [-0.2, -0.15) is 4.99 Å². The first-order valence-corrected chi connectivity index (χ1v) is 11.5. The molecule has 5 nitrogen and oxygen atoms in total. The summed E-state index contributed by atoms with van der Waals surface area (Å²) in [6, 6.07) is 28.3. The summed E-state index contributed by atoms with van der Waals surface area (Å²) in [6.07, 6.45) is 1.92. The number of amidine groups is 1. The third-order valence-electron chi connectivity index (χ3n) is 5.40. The maximum atomic E-state index is 12.7. The van der Waals surface area contributed by atoms with Crippen LogP contribution in [0.2, 0.25) is 0 Å². The van der Waals surface area contributed by atoms with Crippen molar-refractivity contribution in [3.05, 3.63) is 95.4 Å². The number of anilines is 3. The number of amides is 1. The summed E-state index contributed by atoms with van der Waals surface area (Å²) < 4.78 is 5.43. The zero-order valence-corrected chi connectivity index (χ0v) is 18.4. The van der Waals surface area contributed by atoms with E-state index in [0.29, 0.717) is 10.1 Å². The van der Waals surface area contributed by atoms with Gasteiger partial charge in [0, 0.05) is 30.2 Å². The van der Waals surface area contributed by atoms with Crippen LogP contribution in [-0.2, 0) is 9.53 Å². The van der Waals surface area contributed by atoms with Crippen molar-refractivity contribution in [3.63, 3.8) is 0 Å². The molecular formula is C26H23N3O2S. The predicted octanol–water partition coefficient (Wildman–Crippen LogP) is 5.33. The molecule has 0 aliphatic carbocycles. The van der Waals surface area contributed by atoms with Crippen LogP contribution in [0.4, 0.5) is 17.1 Å². The van der Waals surface area contributed by atoms with E-state index in [9.17, 15) is 4.79 Å². The predicted molar refractivity (Wildman–Crippen MR) is 133 cm³/mol. The van der Waals surface area contributed by atoms with Crippen molar-refractivity contribution in [2.24, 2.45) is 4.99 Å². The van der Waals surface area contributed by atoms with E-state index < -0.39 is 0 Å². The quantitative estimate of drug-likeness (QED) is 0.512. The van der Waals surface area contributed by atoms with Crippen molar-refractivity contribution in [1.29, 1.82) is 0 Å². The molecule has 1 amide bonds. The third-order valence-corrected chi connectivity index (χ3v) is 6.37. The van der Waals surface area contributed by atoms with Gasteiger partial charge in [0.25, 0.3) is 5.91 Å². The second kappa shape index (κ2) is 9.42. The third kappa shape index (κ3) is 4.47. The summed E-state index contributed by atoms with van der Waals surface area (Å²) in [5, 5.41) is 0.656. The molecule has 2 aliphatic heterocycles. The van der Waals surface area contributed by atoms with Gasteiger partial charge in [-0.1, -0.05) is 48.5 Å². The van der Waals surface area contributed by atoms with Crippen LogP contribution in [0.15, 0.2) is 94.8 Å². The maximum Gasteiger partial charge on any atom is 0.286 e. The molecule has 3 aromatic carbocycles. The van der Waals surface area contributed by atoms with Gasteiger partial charge in [-0.3, -0.25) is 9.69 Å². The molecule has 0 atom stereocenters. The number of para-hydroxylation sites is 2. The lowest BCUT2D eigenvalue weighted by atomic mass is 10.1. The number of ether oxygens (including phenoxy) is 1. The van der Waals surface area contributed by atoms with Crippen molar-refractivity contribution >= 4 is 46.0 Å². The number of nitrogens with zero attached hydrogens (tertiary/aromatic N) is 3. The monoisotopic (exact) mass is 441 g/mol. The highest BCUT2D eigenvalue weighted by Crippen LogP contribution is 2.36. The summed E-state index contributed by atoms with van der Waals surface area (Å²) in [5.41, 5.74) is 4.10.